The van der Waals surface area contributed by atoms with Gasteiger partial charge in [-0.3, -0.25) is 11.3 Å². The predicted molar refractivity (Wildman–Crippen MR) is 79.3 cm³/mol. The maximum atomic E-state index is 5.75. The Morgan fingerprint density at radius 3 is 2.80 bits per heavy atom. The lowest BCUT2D eigenvalue weighted by Crippen LogP contribution is -2.50. The predicted octanol–water partition coefficient (Wildman–Crippen LogP) is 1.63. The Hall–Kier alpha value is -1.46. The summed E-state index contributed by atoms with van der Waals surface area (Å²) in [5.74, 6) is 5.71. The number of fused-ring (bicyclic) bond motifs is 1. The molecule has 0 aliphatic carbocycles. The fraction of sp³-hybridized carbons (Fsp3) is 0.375. The van der Waals surface area contributed by atoms with Gasteiger partial charge in [0, 0.05) is 0 Å². The zero-order chi connectivity index (χ0) is 13.8. The number of hydrogen-bond donors (Lipinski definition) is 2. The second-order valence-electron chi connectivity index (χ2n) is 5.10. The maximum absolute atomic E-state index is 5.75. The fourth-order valence-electron chi connectivity index (χ4n) is 2.74. The molecular weight excluding hydrogens is 252 g/mol. The van der Waals surface area contributed by atoms with Crippen molar-refractivity contribution >= 4 is 10.8 Å². The van der Waals surface area contributed by atoms with Crippen molar-refractivity contribution in [1.29, 1.82) is 0 Å². The van der Waals surface area contributed by atoms with Crippen molar-refractivity contribution in [2.45, 2.75) is 18.6 Å². The van der Waals surface area contributed by atoms with Crippen LogP contribution < -0.4 is 11.3 Å². The van der Waals surface area contributed by atoms with Crippen molar-refractivity contribution in [2.24, 2.45) is 5.84 Å². The normalized spacial score (nSPS) is 20.9. The summed E-state index contributed by atoms with van der Waals surface area (Å²) in [4.78, 5) is 0. The molecule has 20 heavy (non-hydrogen) atoms. The van der Waals surface area contributed by atoms with Gasteiger partial charge in [0.1, 0.15) is 0 Å². The molecule has 4 heteroatoms. The molecule has 0 aromatic heterocycles. The van der Waals surface area contributed by atoms with Crippen LogP contribution in [0.2, 0.25) is 0 Å². The van der Waals surface area contributed by atoms with E-state index in [1.165, 1.54) is 16.3 Å². The van der Waals surface area contributed by atoms with E-state index in [9.17, 15) is 0 Å². The van der Waals surface area contributed by atoms with Crippen molar-refractivity contribution in [1.82, 2.24) is 5.43 Å². The third-order valence-corrected chi connectivity index (χ3v) is 3.82. The lowest BCUT2D eigenvalue weighted by Gasteiger charge is -2.30. The average molecular weight is 272 g/mol. The molecule has 0 spiro atoms. The van der Waals surface area contributed by atoms with Crippen LogP contribution in [0.5, 0.6) is 0 Å². The molecule has 1 saturated heterocycles. The summed E-state index contributed by atoms with van der Waals surface area (Å²) in [6.07, 6.45) is 0.832. The number of benzene rings is 2. The minimum absolute atomic E-state index is 0.00715. The standard InChI is InChI=1S/C16H20N2O2/c17-18-15(16-11-19-8-9-20-16)10-13-6-3-5-12-4-1-2-7-14(12)13/h1-7,15-16,18H,8-11,17H2. The van der Waals surface area contributed by atoms with E-state index in [2.05, 4.69) is 47.9 Å². The molecule has 2 unspecified atom stereocenters. The highest BCUT2D eigenvalue weighted by Crippen LogP contribution is 2.21. The molecule has 1 heterocycles. The molecular formula is C16H20N2O2. The van der Waals surface area contributed by atoms with Crippen molar-refractivity contribution < 1.29 is 9.47 Å². The van der Waals surface area contributed by atoms with E-state index in [1.807, 2.05) is 0 Å². The van der Waals surface area contributed by atoms with E-state index >= 15 is 0 Å². The number of hydrogen-bond acceptors (Lipinski definition) is 4. The van der Waals surface area contributed by atoms with Gasteiger partial charge in [-0.05, 0) is 22.8 Å². The highest BCUT2D eigenvalue weighted by Gasteiger charge is 2.24. The topological polar surface area (TPSA) is 56.5 Å². The first-order valence-corrected chi connectivity index (χ1v) is 7.00. The molecule has 2 aromatic carbocycles. The molecule has 1 fully saturated rings. The van der Waals surface area contributed by atoms with E-state index in [0.29, 0.717) is 19.8 Å². The van der Waals surface area contributed by atoms with Crippen LogP contribution in [0.15, 0.2) is 42.5 Å². The Balaban J connectivity index is 1.83. The first-order chi connectivity index (χ1) is 9.88. The quantitative estimate of drug-likeness (QED) is 0.656. The van der Waals surface area contributed by atoms with Crippen molar-refractivity contribution in [2.75, 3.05) is 19.8 Å². The molecule has 0 bridgehead atoms. The largest absolute Gasteiger partial charge is 0.376 e. The number of rotatable bonds is 4. The highest BCUT2D eigenvalue weighted by atomic mass is 16.6. The van der Waals surface area contributed by atoms with Crippen LogP contribution in [0.1, 0.15) is 5.56 Å². The van der Waals surface area contributed by atoms with Gasteiger partial charge < -0.3 is 9.47 Å². The van der Waals surface area contributed by atoms with Gasteiger partial charge in [0.15, 0.2) is 0 Å². The minimum Gasteiger partial charge on any atom is -0.376 e. The summed E-state index contributed by atoms with van der Waals surface area (Å²) in [5.41, 5.74) is 4.16. The van der Waals surface area contributed by atoms with Gasteiger partial charge in [0.05, 0.1) is 32.0 Å². The lowest BCUT2D eigenvalue weighted by atomic mass is 9.96. The molecule has 106 valence electrons. The zero-order valence-electron chi connectivity index (χ0n) is 11.4. The van der Waals surface area contributed by atoms with Gasteiger partial charge in [-0.25, -0.2) is 0 Å². The Bertz CT molecular complexity index is 562. The summed E-state index contributed by atoms with van der Waals surface area (Å²) < 4.78 is 11.2. The van der Waals surface area contributed by atoms with Crippen molar-refractivity contribution in [3.63, 3.8) is 0 Å². The van der Waals surface area contributed by atoms with E-state index in [-0.39, 0.29) is 12.1 Å². The molecule has 1 aliphatic rings. The molecule has 3 rings (SSSR count). The molecule has 0 radical (unpaired) electrons. The second-order valence-corrected chi connectivity index (χ2v) is 5.10. The van der Waals surface area contributed by atoms with E-state index in [0.717, 1.165) is 6.42 Å². The lowest BCUT2D eigenvalue weighted by molar-refractivity contribution is -0.101. The van der Waals surface area contributed by atoms with Crippen LogP contribution in [-0.2, 0) is 15.9 Å². The summed E-state index contributed by atoms with van der Waals surface area (Å²) in [6.45, 7) is 1.90. The number of ether oxygens (including phenoxy) is 2. The van der Waals surface area contributed by atoms with Crippen LogP contribution in [-0.4, -0.2) is 32.0 Å². The van der Waals surface area contributed by atoms with Crippen LogP contribution in [0.3, 0.4) is 0 Å². The fourth-order valence-corrected chi connectivity index (χ4v) is 2.74. The van der Waals surface area contributed by atoms with Gasteiger partial charge in [-0.1, -0.05) is 42.5 Å². The molecule has 4 nitrogen and oxygen atoms in total. The molecule has 0 amide bonds. The Morgan fingerprint density at radius 1 is 1.15 bits per heavy atom. The Morgan fingerprint density at radius 2 is 2.00 bits per heavy atom. The summed E-state index contributed by atoms with van der Waals surface area (Å²) in [6, 6.07) is 14.8. The van der Waals surface area contributed by atoms with Gasteiger partial charge in [0.25, 0.3) is 0 Å². The minimum atomic E-state index is 0.00715. The molecule has 2 aromatic rings. The first kappa shape index (κ1) is 13.5. The number of hydrazine groups is 1. The third kappa shape index (κ3) is 2.83. The van der Waals surface area contributed by atoms with Gasteiger partial charge in [-0.15, -0.1) is 0 Å². The van der Waals surface area contributed by atoms with Crippen molar-refractivity contribution in [3.05, 3.63) is 48.0 Å². The first-order valence-electron chi connectivity index (χ1n) is 7.00. The Kier molecular flexibility index (Phi) is 4.28. The number of nitrogens with one attached hydrogen (secondary N) is 1. The molecule has 1 aliphatic heterocycles. The summed E-state index contributed by atoms with van der Waals surface area (Å²) in [5, 5.41) is 2.52. The van der Waals surface area contributed by atoms with Crippen LogP contribution in [0.25, 0.3) is 10.8 Å². The zero-order valence-corrected chi connectivity index (χ0v) is 11.4. The third-order valence-electron chi connectivity index (χ3n) is 3.82. The van der Waals surface area contributed by atoms with Gasteiger partial charge >= 0.3 is 0 Å². The van der Waals surface area contributed by atoms with Crippen LogP contribution >= 0.6 is 0 Å². The van der Waals surface area contributed by atoms with Gasteiger partial charge in [-0.2, -0.15) is 0 Å². The Labute approximate surface area is 118 Å². The van der Waals surface area contributed by atoms with E-state index in [1.54, 1.807) is 0 Å². The maximum Gasteiger partial charge on any atom is 0.0978 e. The van der Waals surface area contributed by atoms with Crippen LogP contribution in [0, 0.1) is 0 Å². The van der Waals surface area contributed by atoms with E-state index in [4.69, 9.17) is 15.3 Å². The molecule has 3 N–H and O–H groups in total. The highest BCUT2D eigenvalue weighted by molar-refractivity contribution is 5.85. The molecule has 2 atom stereocenters. The summed E-state index contributed by atoms with van der Waals surface area (Å²) >= 11 is 0. The second kappa shape index (κ2) is 6.33. The summed E-state index contributed by atoms with van der Waals surface area (Å²) in [7, 11) is 0. The smallest absolute Gasteiger partial charge is 0.0978 e. The average Bonchev–Trinajstić information content (AvgIpc) is 2.53. The van der Waals surface area contributed by atoms with Crippen molar-refractivity contribution in [3.8, 4) is 0 Å². The van der Waals surface area contributed by atoms with Crippen LogP contribution in [0.4, 0.5) is 0 Å². The van der Waals surface area contributed by atoms with Gasteiger partial charge in [0.2, 0.25) is 0 Å². The SMILES string of the molecule is NNC(Cc1cccc2ccccc12)C1COCCO1. The monoisotopic (exact) mass is 272 g/mol. The molecule has 0 saturated carbocycles. The van der Waals surface area contributed by atoms with E-state index < -0.39 is 0 Å². The number of nitrogens with two attached hydrogens (primary N) is 1.